The highest BCUT2D eigenvalue weighted by Gasteiger charge is 2.44. The van der Waals surface area contributed by atoms with E-state index in [9.17, 15) is 19.6 Å². The van der Waals surface area contributed by atoms with E-state index in [1.165, 1.54) is 7.11 Å². The summed E-state index contributed by atoms with van der Waals surface area (Å²) in [6.07, 6.45) is 0.792. The van der Waals surface area contributed by atoms with Gasteiger partial charge in [-0.25, -0.2) is 0 Å². The van der Waals surface area contributed by atoms with E-state index in [1.807, 2.05) is 13.8 Å². The van der Waals surface area contributed by atoms with E-state index in [4.69, 9.17) is 21.1 Å². The van der Waals surface area contributed by atoms with Gasteiger partial charge in [-0.15, -0.1) is 0 Å². The Morgan fingerprint density at radius 2 is 2.10 bits per heavy atom. The average molecular weight is 466 g/mol. The van der Waals surface area contributed by atoms with Crippen molar-refractivity contribution in [2.45, 2.75) is 26.2 Å². The Morgan fingerprint density at radius 1 is 1.35 bits per heavy atom. The van der Waals surface area contributed by atoms with Gasteiger partial charge in [0, 0.05) is 12.5 Å². The van der Waals surface area contributed by atoms with Crippen LogP contribution in [0.25, 0.3) is 0 Å². The molecular formula is C21H24ClN3O5S. The molecule has 0 saturated heterocycles. The smallest absolute Gasteiger partial charge is 0.319 e. The summed E-state index contributed by atoms with van der Waals surface area (Å²) in [6.45, 7) is 4.71. The maximum absolute atomic E-state index is 12.8. The standard InChI is InChI=1S/C21H24ClN3O5S/c1-4-8-24-16(26)11-31-20-13(10-23)17(18(19(27)25-20)21(28)29-3)12-6-7-15(30-5-2)14(22)9-12/h6-7,9,17-18H,4-5,8,11H2,1-3H3,(H,24,26)(H,25,27)/t17-,18+/m1/s1. The maximum atomic E-state index is 12.8. The molecule has 0 saturated carbocycles. The molecule has 1 aliphatic rings. The number of ether oxygens (including phenoxy) is 2. The van der Waals surface area contributed by atoms with Gasteiger partial charge < -0.3 is 20.1 Å². The van der Waals surface area contributed by atoms with Crippen LogP contribution in [0.2, 0.25) is 5.02 Å². The van der Waals surface area contributed by atoms with Crippen molar-refractivity contribution in [2.24, 2.45) is 5.92 Å². The van der Waals surface area contributed by atoms with Crippen LogP contribution < -0.4 is 15.4 Å². The zero-order valence-corrected chi connectivity index (χ0v) is 19.1. The number of methoxy groups -OCH3 is 1. The molecule has 0 aromatic heterocycles. The predicted octanol–water partition coefficient (Wildman–Crippen LogP) is 2.74. The fourth-order valence-electron chi connectivity index (χ4n) is 3.12. The van der Waals surface area contributed by atoms with E-state index >= 15 is 0 Å². The monoisotopic (exact) mass is 465 g/mol. The molecule has 2 rings (SSSR count). The van der Waals surface area contributed by atoms with Crippen LogP contribution in [0.15, 0.2) is 28.8 Å². The molecule has 2 N–H and O–H groups in total. The summed E-state index contributed by atoms with van der Waals surface area (Å²) in [7, 11) is 1.18. The van der Waals surface area contributed by atoms with Gasteiger partial charge in [0.15, 0.2) is 0 Å². The molecule has 1 aromatic carbocycles. The average Bonchev–Trinajstić information content (AvgIpc) is 2.76. The summed E-state index contributed by atoms with van der Waals surface area (Å²) in [4.78, 5) is 37.2. The van der Waals surface area contributed by atoms with Crippen LogP contribution in [0.4, 0.5) is 0 Å². The van der Waals surface area contributed by atoms with Gasteiger partial charge in [0.25, 0.3) is 0 Å². The maximum Gasteiger partial charge on any atom is 0.319 e. The molecule has 2 amide bonds. The fourth-order valence-corrected chi connectivity index (χ4v) is 4.24. The van der Waals surface area contributed by atoms with Crippen molar-refractivity contribution in [1.82, 2.24) is 10.6 Å². The highest BCUT2D eigenvalue weighted by Crippen LogP contribution is 2.41. The largest absolute Gasteiger partial charge is 0.492 e. The van der Waals surface area contributed by atoms with E-state index < -0.39 is 23.7 Å². The molecule has 1 heterocycles. The molecule has 10 heteroatoms. The molecule has 2 atom stereocenters. The number of benzene rings is 1. The molecule has 0 unspecified atom stereocenters. The van der Waals surface area contributed by atoms with Crippen LogP contribution in [-0.4, -0.2) is 43.8 Å². The third-order valence-electron chi connectivity index (χ3n) is 4.52. The van der Waals surface area contributed by atoms with Crippen molar-refractivity contribution in [1.29, 1.82) is 5.26 Å². The number of esters is 1. The summed E-state index contributed by atoms with van der Waals surface area (Å²) in [5.74, 6) is -3.33. The molecule has 0 aliphatic carbocycles. The number of allylic oxidation sites excluding steroid dienone is 1. The van der Waals surface area contributed by atoms with Crippen molar-refractivity contribution >= 4 is 41.1 Å². The van der Waals surface area contributed by atoms with Gasteiger partial charge in [0.1, 0.15) is 11.7 Å². The molecule has 166 valence electrons. The lowest BCUT2D eigenvalue weighted by Crippen LogP contribution is -2.44. The Kier molecular flexibility index (Phi) is 9.21. The van der Waals surface area contributed by atoms with Crippen molar-refractivity contribution in [3.8, 4) is 11.8 Å². The zero-order valence-electron chi connectivity index (χ0n) is 17.5. The summed E-state index contributed by atoms with van der Waals surface area (Å²) in [6, 6.07) is 6.94. The van der Waals surface area contributed by atoms with Gasteiger partial charge in [-0.2, -0.15) is 5.26 Å². The summed E-state index contributed by atoms with van der Waals surface area (Å²) < 4.78 is 10.3. The minimum absolute atomic E-state index is 0.0143. The van der Waals surface area contributed by atoms with E-state index in [-0.39, 0.29) is 22.3 Å². The van der Waals surface area contributed by atoms with E-state index in [0.717, 1.165) is 18.2 Å². The normalized spacial score (nSPS) is 18.1. The van der Waals surface area contributed by atoms with Crippen molar-refractivity contribution in [3.05, 3.63) is 39.4 Å². The number of nitrogens with one attached hydrogen (secondary N) is 2. The van der Waals surface area contributed by atoms with Crippen LogP contribution in [-0.2, 0) is 19.1 Å². The lowest BCUT2D eigenvalue weighted by molar-refractivity contribution is -0.150. The summed E-state index contributed by atoms with van der Waals surface area (Å²) in [5, 5.41) is 15.7. The number of rotatable bonds is 9. The first-order valence-corrected chi connectivity index (χ1v) is 11.1. The topological polar surface area (TPSA) is 118 Å². The van der Waals surface area contributed by atoms with Crippen LogP contribution in [0.5, 0.6) is 5.75 Å². The second-order valence-electron chi connectivity index (χ2n) is 6.58. The Labute approximate surface area is 190 Å². The van der Waals surface area contributed by atoms with Crippen LogP contribution in [0.3, 0.4) is 0 Å². The second kappa shape index (κ2) is 11.6. The number of carbonyl (C=O) groups excluding carboxylic acids is 3. The molecule has 31 heavy (non-hydrogen) atoms. The first-order chi connectivity index (χ1) is 14.9. The molecule has 0 spiro atoms. The number of halogens is 1. The Balaban J connectivity index is 2.48. The minimum atomic E-state index is -1.27. The highest BCUT2D eigenvalue weighted by atomic mass is 35.5. The molecule has 0 radical (unpaired) electrons. The third kappa shape index (κ3) is 5.93. The van der Waals surface area contributed by atoms with Crippen molar-refractivity contribution in [3.63, 3.8) is 0 Å². The molecule has 1 aliphatic heterocycles. The van der Waals surface area contributed by atoms with Crippen molar-refractivity contribution in [2.75, 3.05) is 26.0 Å². The van der Waals surface area contributed by atoms with E-state index in [1.54, 1.807) is 18.2 Å². The minimum Gasteiger partial charge on any atom is -0.492 e. The lowest BCUT2D eigenvalue weighted by atomic mass is 9.78. The van der Waals surface area contributed by atoms with Gasteiger partial charge in [-0.3, -0.25) is 14.4 Å². The number of hydrogen-bond acceptors (Lipinski definition) is 7. The lowest BCUT2D eigenvalue weighted by Gasteiger charge is -2.31. The van der Waals surface area contributed by atoms with Gasteiger partial charge in [-0.1, -0.05) is 36.4 Å². The number of nitrogens with zero attached hydrogens (tertiary/aromatic N) is 1. The molecule has 0 bridgehead atoms. The number of amides is 2. The summed E-state index contributed by atoms with van der Waals surface area (Å²) >= 11 is 7.34. The van der Waals surface area contributed by atoms with E-state index in [0.29, 0.717) is 29.5 Å². The van der Waals surface area contributed by atoms with Gasteiger partial charge in [0.2, 0.25) is 11.8 Å². The van der Waals surface area contributed by atoms with Crippen LogP contribution in [0, 0.1) is 17.2 Å². The zero-order chi connectivity index (χ0) is 23.0. The molecule has 0 fully saturated rings. The van der Waals surface area contributed by atoms with E-state index in [2.05, 4.69) is 16.7 Å². The molecular weight excluding hydrogens is 442 g/mol. The molecule has 1 aromatic rings. The van der Waals surface area contributed by atoms with Gasteiger partial charge >= 0.3 is 5.97 Å². The first-order valence-electron chi connectivity index (χ1n) is 9.72. The van der Waals surface area contributed by atoms with Crippen LogP contribution >= 0.6 is 23.4 Å². The van der Waals surface area contributed by atoms with Crippen LogP contribution in [0.1, 0.15) is 31.7 Å². The second-order valence-corrected chi connectivity index (χ2v) is 7.98. The number of hydrogen-bond donors (Lipinski definition) is 2. The van der Waals surface area contributed by atoms with Crippen molar-refractivity contribution < 1.29 is 23.9 Å². The Bertz CT molecular complexity index is 928. The highest BCUT2D eigenvalue weighted by molar-refractivity contribution is 8.03. The third-order valence-corrected chi connectivity index (χ3v) is 5.83. The Morgan fingerprint density at radius 3 is 2.68 bits per heavy atom. The van der Waals surface area contributed by atoms with Gasteiger partial charge in [0.05, 0.1) is 41.2 Å². The summed E-state index contributed by atoms with van der Waals surface area (Å²) in [5.41, 5.74) is 0.646. The number of nitriles is 1. The first kappa shape index (κ1) is 24.6. The predicted molar refractivity (Wildman–Crippen MR) is 117 cm³/mol. The Hall–Kier alpha value is -2.70. The fraction of sp³-hybridized carbons (Fsp3) is 0.429. The SMILES string of the molecule is CCCNC(=O)CSC1=C(C#N)[C@@H](c2ccc(OCC)c(Cl)c2)[C@H](C(=O)OC)C(=O)N1. The number of carbonyl (C=O) groups is 3. The quantitative estimate of drug-likeness (QED) is 0.425. The number of thioether (sulfide) groups is 1. The van der Waals surface area contributed by atoms with Gasteiger partial charge in [-0.05, 0) is 31.0 Å². The molecule has 8 nitrogen and oxygen atoms in total.